The second-order valence-electron chi connectivity index (χ2n) is 2.82. The molecule has 0 radical (unpaired) electrons. The van der Waals surface area contributed by atoms with Crippen molar-refractivity contribution in [1.29, 1.82) is 0 Å². The van der Waals surface area contributed by atoms with Crippen molar-refractivity contribution in [2.24, 2.45) is 0 Å². The molecule has 0 aliphatic heterocycles. The van der Waals surface area contributed by atoms with E-state index in [4.69, 9.17) is 13.5 Å². The zero-order valence-electron chi connectivity index (χ0n) is 9.18. The molecule has 16 heavy (non-hydrogen) atoms. The molecule has 4 nitrogen and oxygen atoms in total. The lowest BCUT2D eigenvalue weighted by Gasteiger charge is -2.14. The third-order valence-electron chi connectivity index (χ3n) is 1.66. The van der Waals surface area contributed by atoms with Crippen molar-refractivity contribution in [2.75, 3.05) is 13.2 Å². The molecule has 0 aromatic carbocycles. The summed E-state index contributed by atoms with van der Waals surface area (Å²) >= 11 is 0. The first-order valence-corrected chi connectivity index (χ1v) is 6.47. The van der Waals surface area contributed by atoms with E-state index in [0.29, 0.717) is 0 Å². The smallest absolute Gasteiger partial charge is 0.389 e. The molecule has 6 heteroatoms. The molecule has 90 valence electrons. The molecular formula is C10H14FO4P. The molecule has 0 spiro atoms. The molecule has 1 aromatic rings. The molecule has 1 rings (SSSR count). The summed E-state index contributed by atoms with van der Waals surface area (Å²) < 4.78 is 40.2. The first-order chi connectivity index (χ1) is 7.62. The number of hydrogen-bond donors (Lipinski definition) is 0. The molecule has 0 saturated heterocycles. The van der Waals surface area contributed by atoms with Gasteiger partial charge in [-0.1, -0.05) is 0 Å². The van der Waals surface area contributed by atoms with Crippen LogP contribution >= 0.6 is 7.60 Å². The highest BCUT2D eigenvalue weighted by molar-refractivity contribution is 7.58. The van der Waals surface area contributed by atoms with Gasteiger partial charge in [-0.05, 0) is 26.0 Å². The normalized spacial score (nSPS) is 13.1. The highest BCUT2D eigenvalue weighted by Gasteiger charge is 2.30. The van der Waals surface area contributed by atoms with Gasteiger partial charge in [0.15, 0.2) is 0 Å². The van der Waals surface area contributed by atoms with Crippen LogP contribution in [-0.4, -0.2) is 13.2 Å². The molecule has 0 fully saturated rings. The van der Waals surface area contributed by atoms with E-state index in [1.807, 2.05) is 0 Å². The third kappa shape index (κ3) is 3.30. The monoisotopic (exact) mass is 248 g/mol. The van der Waals surface area contributed by atoms with Crippen LogP contribution in [-0.2, 0) is 13.6 Å². The predicted molar refractivity (Wildman–Crippen MR) is 58.7 cm³/mol. The Kier molecular flexibility index (Phi) is 4.93. The molecule has 0 atom stereocenters. The Hall–Kier alpha value is -0.900. The van der Waals surface area contributed by atoms with Crippen LogP contribution in [0.25, 0.3) is 6.08 Å². The quantitative estimate of drug-likeness (QED) is 0.718. The van der Waals surface area contributed by atoms with Gasteiger partial charge in [0.05, 0.1) is 19.5 Å². The summed E-state index contributed by atoms with van der Waals surface area (Å²) in [4.78, 5) is 0. The van der Waals surface area contributed by atoms with E-state index in [-0.39, 0.29) is 19.0 Å². The molecule has 1 aromatic heterocycles. The molecule has 0 aliphatic carbocycles. The lowest BCUT2D eigenvalue weighted by molar-refractivity contribution is 0.220. The van der Waals surface area contributed by atoms with Gasteiger partial charge in [0.25, 0.3) is 0 Å². The third-order valence-corrected chi connectivity index (χ3v) is 3.51. The maximum absolute atomic E-state index is 13.7. The van der Waals surface area contributed by atoms with Gasteiger partial charge >= 0.3 is 7.60 Å². The van der Waals surface area contributed by atoms with Crippen molar-refractivity contribution in [3.8, 4) is 0 Å². The van der Waals surface area contributed by atoms with E-state index in [9.17, 15) is 8.96 Å². The van der Waals surface area contributed by atoms with Crippen molar-refractivity contribution in [2.45, 2.75) is 13.8 Å². The highest BCUT2D eigenvalue weighted by Crippen LogP contribution is 2.57. The van der Waals surface area contributed by atoms with Crippen LogP contribution in [0.4, 0.5) is 4.39 Å². The van der Waals surface area contributed by atoms with E-state index >= 15 is 0 Å². The zero-order valence-corrected chi connectivity index (χ0v) is 10.1. The van der Waals surface area contributed by atoms with Crippen LogP contribution in [0, 0.1) is 0 Å². The van der Waals surface area contributed by atoms with Crippen molar-refractivity contribution < 1.29 is 22.4 Å². The number of rotatable bonds is 6. The molecular weight excluding hydrogens is 234 g/mol. The molecule has 0 saturated carbocycles. The Bertz CT molecular complexity index is 376. The molecule has 0 aliphatic rings. The number of furan rings is 1. The summed E-state index contributed by atoms with van der Waals surface area (Å²) in [5.41, 5.74) is -0.953. The lowest BCUT2D eigenvalue weighted by Crippen LogP contribution is -1.96. The van der Waals surface area contributed by atoms with Gasteiger partial charge in [-0.15, -0.1) is 0 Å². The van der Waals surface area contributed by atoms with Gasteiger partial charge < -0.3 is 13.5 Å². The topological polar surface area (TPSA) is 48.7 Å². The van der Waals surface area contributed by atoms with Crippen LogP contribution in [0.1, 0.15) is 19.6 Å². The fourth-order valence-electron chi connectivity index (χ4n) is 1.07. The highest BCUT2D eigenvalue weighted by atomic mass is 31.2. The van der Waals surface area contributed by atoms with E-state index in [1.54, 1.807) is 26.0 Å². The minimum absolute atomic E-state index is 0.108. The summed E-state index contributed by atoms with van der Waals surface area (Å²) in [5.74, 6) is 0.261. The summed E-state index contributed by atoms with van der Waals surface area (Å²) in [6, 6.07) is 3.15. The van der Waals surface area contributed by atoms with E-state index < -0.39 is 13.2 Å². The molecule has 1 heterocycles. The van der Waals surface area contributed by atoms with Crippen LogP contribution in [0.3, 0.4) is 0 Å². The first-order valence-electron chi connectivity index (χ1n) is 4.92. The summed E-state index contributed by atoms with van der Waals surface area (Å²) in [7, 11) is -3.82. The van der Waals surface area contributed by atoms with Crippen molar-refractivity contribution in [1.82, 2.24) is 0 Å². The Balaban J connectivity index is 2.90. The number of hydrogen-bond acceptors (Lipinski definition) is 4. The average molecular weight is 248 g/mol. The SMILES string of the molecule is CCOP(=O)(OCC)/C(F)=C/c1ccco1. The van der Waals surface area contributed by atoms with E-state index in [0.717, 1.165) is 6.08 Å². The zero-order chi connectivity index (χ0) is 12.0. The average Bonchev–Trinajstić information content (AvgIpc) is 2.71. The van der Waals surface area contributed by atoms with Gasteiger partial charge in [-0.25, -0.2) is 0 Å². The van der Waals surface area contributed by atoms with Gasteiger partial charge in [0.2, 0.25) is 5.57 Å². The summed E-state index contributed by atoms with van der Waals surface area (Å²) in [6.45, 7) is 3.45. The van der Waals surface area contributed by atoms with Gasteiger partial charge in [0, 0.05) is 6.08 Å². The minimum atomic E-state index is -3.82. The van der Waals surface area contributed by atoms with Crippen molar-refractivity contribution in [3.05, 3.63) is 29.7 Å². The summed E-state index contributed by atoms with van der Waals surface area (Å²) in [6.07, 6.45) is 2.40. The van der Waals surface area contributed by atoms with Crippen LogP contribution < -0.4 is 0 Å². The second kappa shape index (κ2) is 5.99. The fourth-order valence-corrected chi connectivity index (χ4v) is 2.36. The van der Waals surface area contributed by atoms with Gasteiger partial charge in [-0.3, -0.25) is 4.57 Å². The summed E-state index contributed by atoms with van der Waals surface area (Å²) in [5, 5.41) is 0. The Labute approximate surface area is 93.6 Å². The fraction of sp³-hybridized carbons (Fsp3) is 0.400. The Morgan fingerprint density at radius 2 is 2.12 bits per heavy atom. The molecule has 0 unspecified atom stereocenters. The first kappa shape index (κ1) is 13.2. The standard InChI is InChI=1S/C10H14FO4P/c1-3-14-16(12,15-4-2)10(11)8-9-6-5-7-13-9/h5-8H,3-4H2,1-2H3/b10-8+. The minimum Gasteiger partial charge on any atom is -0.465 e. The Morgan fingerprint density at radius 1 is 1.50 bits per heavy atom. The van der Waals surface area contributed by atoms with Crippen LogP contribution in [0.5, 0.6) is 0 Å². The molecule has 0 amide bonds. The largest absolute Gasteiger partial charge is 0.465 e. The van der Waals surface area contributed by atoms with Crippen molar-refractivity contribution in [3.63, 3.8) is 0 Å². The second-order valence-corrected chi connectivity index (χ2v) is 4.75. The number of halogens is 1. The van der Waals surface area contributed by atoms with E-state index in [1.165, 1.54) is 6.26 Å². The molecule has 0 N–H and O–H groups in total. The van der Waals surface area contributed by atoms with Crippen LogP contribution in [0.2, 0.25) is 0 Å². The lowest BCUT2D eigenvalue weighted by atomic mass is 10.4. The molecule has 0 bridgehead atoms. The Morgan fingerprint density at radius 3 is 2.56 bits per heavy atom. The maximum Gasteiger partial charge on any atom is 0.389 e. The maximum atomic E-state index is 13.7. The van der Waals surface area contributed by atoms with Crippen LogP contribution in [0.15, 0.2) is 28.4 Å². The predicted octanol–water partition coefficient (Wildman–Crippen LogP) is 3.81. The van der Waals surface area contributed by atoms with Gasteiger partial charge in [0.1, 0.15) is 5.76 Å². The van der Waals surface area contributed by atoms with E-state index in [2.05, 4.69) is 0 Å². The van der Waals surface area contributed by atoms with Crippen molar-refractivity contribution >= 4 is 13.7 Å². The van der Waals surface area contributed by atoms with Gasteiger partial charge in [-0.2, -0.15) is 4.39 Å².